The highest BCUT2D eigenvalue weighted by atomic mass is 16.6. The van der Waals surface area contributed by atoms with E-state index in [2.05, 4.69) is 15.5 Å². The lowest BCUT2D eigenvalue weighted by atomic mass is 10.2. The van der Waals surface area contributed by atoms with Crippen molar-refractivity contribution in [2.75, 3.05) is 30.5 Å². The first-order chi connectivity index (χ1) is 10.1. The summed E-state index contributed by atoms with van der Waals surface area (Å²) in [4.78, 5) is 23.8. The van der Waals surface area contributed by atoms with E-state index in [4.69, 9.17) is 5.84 Å². The van der Waals surface area contributed by atoms with Crippen LogP contribution in [0.1, 0.15) is 6.42 Å². The van der Waals surface area contributed by atoms with Gasteiger partial charge >= 0.3 is 11.8 Å². The van der Waals surface area contributed by atoms with Gasteiger partial charge in [0.1, 0.15) is 11.4 Å². The van der Waals surface area contributed by atoms with Crippen LogP contribution >= 0.6 is 0 Å². The molecular formula is C12H17N5O4. The molecule has 0 bridgehead atoms. The number of rotatable bonds is 4. The molecule has 1 aromatic carbocycles. The van der Waals surface area contributed by atoms with E-state index in [9.17, 15) is 14.9 Å². The van der Waals surface area contributed by atoms with Crippen molar-refractivity contribution in [2.45, 2.75) is 12.5 Å². The first kappa shape index (κ1) is 14.9. The molecule has 9 nitrogen and oxygen atoms in total. The van der Waals surface area contributed by atoms with Gasteiger partial charge in [-0.05, 0) is 18.6 Å². The van der Waals surface area contributed by atoms with Crippen LogP contribution in [0, 0.1) is 10.1 Å². The fraction of sp³-hybridized carbons (Fsp3) is 0.417. The Bertz CT molecular complexity index is 550. The number of methoxy groups -OCH3 is 1. The van der Waals surface area contributed by atoms with E-state index in [1.54, 1.807) is 18.2 Å². The van der Waals surface area contributed by atoms with Crippen LogP contribution < -0.4 is 21.5 Å². The Balaban J connectivity index is 2.20. The molecular weight excluding hydrogens is 278 g/mol. The maximum atomic E-state index is 11.3. The van der Waals surface area contributed by atoms with E-state index in [0.717, 1.165) is 0 Å². The molecule has 1 saturated heterocycles. The molecule has 1 aliphatic rings. The number of hydrogen-bond acceptors (Lipinski definition) is 7. The van der Waals surface area contributed by atoms with E-state index >= 15 is 0 Å². The summed E-state index contributed by atoms with van der Waals surface area (Å²) in [6.07, 6.45) is 0.181. The number of carbonyl (C=O) groups is 1. The number of nitrogens with zero attached hydrogens (tertiary/aromatic N) is 2. The van der Waals surface area contributed by atoms with Gasteiger partial charge in [0.25, 0.3) is 0 Å². The number of hydrazine groups is 1. The zero-order valence-corrected chi connectivity index (χ0v) is 11.5. The lowest BCUT2D eigenvalue weighted by Gasteiger charge is -2.19. The summed E-state index contributed by atoms with van der Waals surface area (Å²) in [6, 6.07) is 4.80. The van der Waals surface area contributed by atoms with Crippen LogP contribution in [0.5, 0.6) is 0 Å². The number of nitrogens with one attached hydrogen (secondary N) is 2. The highest BCUT2D eigenvalue weighted by Crippen LogP contribution is 2.36. The molecule has 0 spiro atoms. The number of nitrogen functional groups attached to an aromatic ring is 1. The number of nitro benzene ring substituents is 1. The van der Waals surface area contributed by atoms with Crippen LogP contribution in [0.2, 0.25) is 0 Å². The molecule has 4 N–H and O–H groups in total. The normalized spacial score (nSPS) is 17.4. The fourth-order valence-corrected chi connectivity index (χ4v) is 2.42. The Kier molecular flexibility index (Phi) is 4.43. The summed E-state index contributed by atoms with van der Waals surface area (Å²) in [5.41, 5.74) is 2.99. The summed E-state index contributed by atoms with van der Waals surface area (Å²) in [7, 11) is 1.29. The number of nitro groups is 1. The lowest BCUT2D eigenvalue weighted by Crippen LogP contribution is -2.37. The van der Waals surface area contributed by atoms with Crippen molar-refractivity contribution in [3.05, 3.63) is 28.3 Å². The van der Waals surface area contributed by atoms with Crippen LogP contribution in [0.15, 0.2) is 18.2 Å². The van der Waals surface area contributed by atoms with Crippen LogP contribution in [-0.4, -0.2) is 37.3 Å². The third-order valence-electron chi connectivity index (χ3n) is 3.39. The third kappa shape index (κ3) is 3.14. The standard InChI is InChI=1S/C12H17N5O4/c1-21-12(18)14-8-5-6-16(7-8)10-4-2-3-9(15-13)11(10)17(19)20/h2-4,8,15H,5-7,13H2,1H3,(H,14,18). The van der Waals surface area contributed by atoms with Crippen molar-refractivity contribution in [1.82, 2.24) is 5.32 Å². The van der Waals surface area contributed by atoms with Crippen molar-refractivity contribution in [2.24, 2.45) is 5.84 Å². The largest absolute Gasteiger partial charge is 0.453 e. The van der Waals surface area contributed by atoms with E-state index in [1.165, 1.54) is 7.11 Å². The number of hydrogen-bond donors (Lipinski definition) is 3. The summed E-state index contributed by atoms with van der Waals surface area (Å²) in [6.45, 7) is 1.08. The first-order valence-corrected chi connectivity index (χ1v) is 6.40. The van der Waals surface area contributed by atoms with Gasteiger partial charge < -0.3 is 20.4 Å². The van der Waals surface area contributed by atoms with E-state index < -0.39 is 11.0 Å². The molecule has 2 rings (SSSR count). The monoisotopic (exact) mass is 295 g/mol. The Hall–Kier alpha value is -2.55. The van der Waals surface area contributed by atoms with Crippen molar-refractivity contribution in [3.8, 4) is 0 Å². The Labute approximate surface area is 121 Å². The van der Waals surface area contributed by atoms with Gasteiger partial charge in [0.15, 0.2) is 0 Å². The summed E-state index contributed by atoms with van der Waals surface area (Å²) in [5, 5.41) is 13.9. The minimum Gasteiger partial charge on any atom is -0.453 e. The van der Waals surface area contributed by atoms with Crippen molar-refractivity contribution >= 4 is 23.2 Å². The van der Waals surface area contributed by atoms with Crippen molar-refractivity contribution in [1.29, 1.82) is 0 Å². The molecule has 0 aliphatic carbocycles. The average molecular weight is 295 g/mol. The molecule has 114 valence electrons. The number of para-hydroxylation sites is 1. The van der Waals surface area contributed by atoms with Gasteiger partial charge in [-0.25, -0.2) is 4.79 Å². The van der Waals surface area contributed by atoms with Gasteiger partial charge in [0, 0.05) is 13.1 Å². The number of amides is 1. The maximum absolute atomic E-state index is 11.3. The minimum absolute atomic E-state index is 0.0706. The third-order valence-corrected chi connectivity index (χ3v) is 3.39. The molecule has 1 fully saturated rings. The smallest absolute Gasteiger partial charge is 0.407 e. The van der Waals surface area contributed by atoms with Gasteiger partial charge in [0.05, 0.1) is 18.1 Å². The summed E-state index contributed by atoms with van der Waals surface area (Å²) < 4.78 is 4.55. The predicted octanol–water partition coefficient (Wildman–Crippen LogP) is 0.815. The van der Waals surface area contributed by atoms with Crippen molar-refractivity contribution < 1.29 is 14.5 Å². The van der Waals surface area contributed by atoms with Gasteiger partial charge in [-0.2, -0.15) is 0 Å². The Morgan fingerprint density at radius 3 is 2.95 bits per heavy atom. The molecule has 1 atom stereocenters. The molecule has 1 amide bonds. The zero-order valence-electron chi connectivity index (χ0n) is 11.5. The fourth-order valence-electron chi connectivity index (χ4n) is 2.42. The van der Waals surface area contributed by atoms with Gasteiger partial charge in [-0.15, -0.1) is 0 Å². The summed E-state index contributed by atoms with van der Waals surface area (Å²) in [5.74, 6) is 5.32. The molecule has 0 saturated carbocycles. The second kappa shape index (κ2) is 6.27. The quantitative estimate of drug-likeness (QED) is 0.427. The topological polar surface area (TPSA) is 123 Å². The number of carbonyl (C=O) groups excluding carboxylic acids is 1. The maximum Gasteiger partial charge on any atom is 0.407 e. The number of nitrogens with two attached hydrogens (primary N) is 1. The van der Waals surface area contributed by atoms with Crippen LogP contribution in [0.4, 0.5) is 21.9 Å². The molecule has 1 unspecified atom stereocenters. The van der Waals surface area contributed by atoms with Crippen LogP contribution in [0.25, 0.3) is 0 Å². The molecule has 1 aliphatic heterocycles. The predicted molar refractivity (Wildman–Crippen MR) is 77.1 cm³/mol. The van der Waals surface area contributed by atoms with E-state index in [0.29, 0.717) is 25.2 Å². The first-order valence-electron chi connectivity index (χ1n) is 6.40. The SMILES string of the molecule is COC(=O)NC1CCN(c2cccc(NN)c2[N+](=O)[O-])C1. The zero-order chi connectivity index (χ0) is 15.4. The van der Waals surface area contributed by atoms with Gasteiger partial charge in [-0.3, -0.25) is 16.0 Å². The van der Waals surface area contributed by atoms with E-state index in [-0.39, 0.29) is 17.4 Å². The van der Waals surface area contributed by atoms with Gasteiger partial charge in [0.2, 0.25) is 0 Å². The highest BCUT2D eigenvalue weighted by molar-refractivity contribution is 5.77. The molecule has 1 heterocycles. The minimum atomic E-state index is -0.506. The van der Waals surface area contributed by atoms with Crippen LogP contribution in [0.3, 0.4) is 0 Å². The lowest BCUT2D eigenvalue weighted by molar-refractivity contribution is -0.383. The summed E-state index contributed by atoms with van der Waals surface area (Å²) >= 11 is 0. The molecule has 9 heteroatoms. The second-order valence-corrected chi connectivity index (χ2v) is 4.64. The Morgan fingerprint density at radius 2 is 2.33 bits per heavy atom. The van der Waals surface area contributed by atoms with E-state index in [1.807, 2.05) is 4.90 Å². The van der Waals surface area contributed by atoms with Gasteiger partial charge in [-0.1, -0.05) is 6.07 Å². The number of benzene rings is 1. The highest BCUT2D eigenvalue weighted by Gasteiger charge is 2.30. The number of anilines is 2. The number of ether oxygens (including phenoxy) is 1. The Morgan fingerprint density at radius 1 is 1.57 bits per heavy atom. The molecule has 1 aromatic rings. The van der Waals surface area contributed by atoms with Crippen LogP contribution in [-0.2, 0) is 4.74 Å². The van der Waals surface area contributed by atoms with Crippen molar-refractivity contribution in [3.63, 3.8) is 0 Å². The number of alkyl carbamates (subject to hydrolysis) is 1. The average Bonchev–Trinajstić information content (AvgIpc) is 2.94. The molecule has 0 radical (unpaired) electrons. The second-order valence-electron chi connectivity index (χ2n) is 4.64. The molecule has 21 heavy (non-hydrogen) atoms. The molecule has 0 aromatic heterocycles.